The number of hydrogen-bond donors (Lipinski definition) is 0. The largest absolute Gasteiger partial charge is 0.374 e. The Hall–Kier alpha value is -0.0400. The lowest BCUT2D eigenvalue weighted by atomic mass is 9.89. The Bertz CT molecular complexity index is 148. The fraction of sp³-hybridized carbons (Fsp3) is 1.00. The molecule has 0 N–H and O–H groups in total. The Morgan fingerprint density at radius 3 is 2.00 bits per heavy atom. The zero-order valence-electron chi connectivity index (χ0n) is 7.01. The quantitative estimate of drug-likeness (QED) is 0.590. The number of rotatable bonds is 2. The van der Waals surface area contributed by atoms with Crippen molar-refractivity contribution in [2.45, 2.75) is 44.1 Å². The van der Waals surface area contributed by atoms with Gasteiger partial charge in [0.25, 0.3) is 0 Å². The van der Waals surface area contributed by atoms with Gasteiger partial charge in [-0.2, -0.15) is 0 Å². The summed E-state index contributed by atoms with van der Waals surface area (Å²) in [6, 6.07) is 0. The number of hydrogen-bond acceptors (Lipinski definition) is 1. The first-order valence-corrected chi connectivity index (χ1v) is 5.06. The lowest BCUT2D eigenvalue weighted by Gasteiger charge is -2.28. The standard InChI is InChI=1S/C10H16O/c1-6-10(11-7-1,8-2-3-8)9-4-5-9/h8-9H,1-7H2. The summed E-state index contributed by atoms with van der Waals surface area (Å²) in [7, 11) is 0. The summed E-state index contributed by atoms with van der Waals surface area (Å²) >= 11 is 0. The van der Waals surface area contributed by atoms with Crippen LogP contribution in [0.25, 0.3) is 0 Å². The molecule has 1 heteroatoms. The van der Waals surface area contributed by atoms with Gasteiger partial charge >= 0.3 is 0 Å². The lowest BCUT2D eigenvalue weighted by Crippen LogP contribution is -2.32. The highest BCUT2D eigenvalue weighted by molar-refractivity contribution is 5.06. The van der Waals surface area contributed by atoms with Crippen molar-refractivity contribution in [3.05, 3.63) is 0 Å². The Labute approximate surface area is 68.1 Å². The van der Waals surface area contributed by atoms with Crippen LogP contribution >= 0.6 is 0 Å². The van der Waals surface area contributed by atoms with Gasteiger partial charge in [0.1, 0.15) is 0 Å². The van der Waals surface area contributed by atoms with Crippen LogP contribution in [0.15, 0.2) is 0 Å². The molecule has 1 aliphatic heterocycles. The second-order valence-electron chi connectivity index (χ2n) is 4.46. The van der Waals surface area contributed by atoms with Crippen LogP contribution in [0.2, 0.25) is 0 Å². The summed E-state index contributed by atoms with van der Waals surface area (Å²) in [4.78, 5) is 0. The van der Waals surface area contributed by atoms with E-state index >= 15 is 0 Å². The van der Waals surface area contributed by atoms with E-state index in [9.17, 15) is 0 Å². The molecule has 0 aromatic heterocycles. The van der Waals surface area contributed by atoms with E-state index in [4.69, 9.17) is 4.74 Å². The molecule has 3 rings (SSSR count). The maximum Gasteiger partial charge on any atom is 0.0739 e. The van der Waals surface area contributed by atoms with Gasteiger partial charge in [-0.1, -0.05) is 0 Å². The van der Waals surface area contributed by atoms with Gasteiger partial charge in [-0.05, 0) is 50.4 Å². The molecule has 1 nitrogen and oxygen atoms in total. The van der Waals surface area contributed by atoms with Gasteiger partial charge in [-0.3, -0.25) is 0 Å². The first-order chi connectivity index (χ1) is 5.42. The fourth-order valence-corrected chi connectivity index (χ4v) is 2.80. The third-order valence-electron chi connectivity index (χ3n) is 3.62. The molecule has 0 aromatic rings. The second-order valence-corrected chi connectivity index (χ2v) is 4.46. The predicted molar refractivity (Wildman–Crippen MR) is 43.4 cm³/mol. The Morgan fingerprint density at radius 2 is 1.64 bits per heavy atom. The maximum atomic E-state index is 5.99. The van der Waals surface area contributed by atoms with Crippen molar-refractivity contribution in [1.29, 1.82) is 0 Å². The summed E-state index contributed by atoms with van der Waals surface area (Å²) in [6.45, 7) is 1.05. The van der Waals surface area contributed by atoms with Crippen molar-refractivity contribution < 1.29 is 4.74 Å². The van der Waals surface area contributed by atoms with Crippen molar-refractivity contribution in [1.82, 2.24) is 0 Å². The van der Waals surface area contributed by atoms with Crippen LogP contribution in [0.5, 0.6) is 0 Å². The summed E-state index contributed by atoms with van der Waals surface area (Å²) in [6.07, 6.45) is 8.52. The SMILES string of the molecule is C1COC(C2CC2)(C2CC2)C1. The van der Waals surface area contributed by atoms with Crippen molar-refractivity contribution in [2.75, 3.05) is 6.61 Å². The molecule has 0 unspecified atom stereocenters. The number of ether oxygens (including phenoxy) is 1. The average molecular weight is 152 g/mol. The van der Waals surface area contributed by atoms with Crippen molar-refractivity contribution in [3.63, 3.8) is 0 Å². The minimum Gasteiger partial charge on any atom is -0.374 e. The molecule has 0 spiro atoms. The van der Waals surface area contributed by atoms with Crippen molar-refractivity contribution in [3.8, 4) is 0 Å². The van der Waals surface area contributed by atoms with Crippen LogP contribution in [-0.4, -0.2) is 12.2 Å². The molecular formula is C10H16O. The van der Waals surface area contributed by atoms with Crippen LogP contribution in [0.1, 0.15) is 38.5 Å². The Kier molecular flexibility index (Phi) is 1.18. The Balaban J connectivity index is 1.83. The minimum absolute atomic E-state index is 0.417. The first kappa shape index (κ1) is 6.47. The molecule has 0 bridgehead atoms. The van der Waals surface area contributed by atoms with Crippen LogP contribution in [-0.2, 0) is 4.74 Å². The zero-order chi connectivity index (χ0) is 7.31. The summed E-state index contributed by atoms with van der Waals surface area (Å²) in [5.41, 5.74) is 0.417. The molecule has 0 aromatic carbocycles. The van der Waals surface area contributed by atoms with Gasteiger partial charge in [0.2, 0.25) is 0 Å². The van der Waals surface area contributed by atoms with Gasteiger partial charge in [-0.25, -0.2) is 0 Å². The predicted octanol–water partition coefficient (Wildman–Crippen LogP) is 2.36. The van der Waals surface area contributed by atoms with E-state index in [-0.39, 0.29) is 0 Å². The fourth-order valence-electron chi connectivity index (χ4n) is 2.80. The van der Waals surface area contributed by atoms with E-state index < -0.39 is 0 Å². The maximum absolute atomic E-state index is 5.99. The minimum atomic E-state index is 0.417. The van der Waals surface area contributed by atoms with E-state index in [1.165, 1.54) is 38.5 Å². The zero-order valence-corrected chi connectivity index (χ0v) is 7.01. The highest BCUT2D eigenvalue weighted by Crippen LogP contribution is 2.57. The van der Waals surface area contributed by atoms with Crippen LogP contribution in [0, 0.1) is 11.8 Å². The normalized spacial score (nSPS) is 36.0. The highest BCUT2D eigenvalue weighted by Gasteiger charge is 2.56. The van der Waals surface area contributed by atoms with Crippen LogP contribution in [0.4, 0.5) is 0 Å². The molecule has 1 saturated heterocycles. The molecule has 1 heterocycles. The van der Waals surface area contributed by atoms with E-state index in [0.29, 0.717) is 5.60 Å². The molecule has 2 aliphatic carbocycles. The summed E-state index contributed by atoms with van der Waals surface area (Å²) in [5, 5.41) is 0. The molecule has 3 fully saturated rings. The monoisotopic (exact) mass is 152 g/mol. The topological polar surface area (TPSA) is 9.23 Å². The van der Waals surface area contributed by atoms with Crippen LogP contribution < -0.4 is 0 Å². The van der Waals surface area contributed by atoms with E-state index in [0.717, 1.165) is 18.4 Å². The third-order valence-corrected chi connectivity index (χ3v) is 3.62. The molecule has 0 atom stereocenters. The molecule has 11 heavy (non-hydrogen) atoms. The molecule has 62 valence electrons. The van der Waals surface area contributed by atoms with E-state index in [2.05, 4.69) is 0 Å². The molecular weight excluding hydrogens is 136 g/mol. The summed E-state index contributed by atoms with van der Waals surface area (Å²) in [5.74, 6) is 1.94. The Morgan fingerprint density at radius 1 is 1.00 bits per heavy atom. The second kappa shape index (κ2) is 2.01. The average Bonchev–Trinajstić information content (AvgIpc) is 2.90. The molecule has 2 saturated carbocycles. The van der Waals surface area contributed by atoms with Gasteiger partial charge < -0.3 is 4.74 Å². The first-order valence-electron chi connectivity index (χ1n) is 5.06. The molecule has 3 aliphatic rings. The van der Waals surface area contributed by atoms with E-state index in [1.54, 1.807) is 0 Å². The third kappa shape index (κ3) is 0.868. The summed E-state index contributed by atoms with van der Waals surface area (Å²) < 4.78 is 5.99. The molecule has 0 radical (unpaired) electrons. The van der Waals surface area contributed by atoms with Crippen molar-refractivity contribution >= 4 is 0 Å². The van der Waals surface area contributed by atoms with E-state index in [1.807, 2.05) is 0 Å². The van der Waals surface area contributed by atoms with Crippen molar-refractivity contribution in [2.24, 2.45) is 11.8 Å². The molecule has 0 amide bonds. The van der Waals surface area contributed by atoms with Crippen LogP contribution in [0.3, 0.4) is 0 Å². The van der Waals surface area contributed by atoms with Gasteiger partial charge in [-0.15, -0.1) is 0 Å². The van der Waals surface area contributed by atoms with Gasteiger partial charge in [0, 0.05) is 6.61 Å². The smallest absolute Gasteiger partial charge is 0.0739 e. The highest BCUT2D eigenvalue weighted by atomic mass is 16.5. The lowest BCUT2D eigenvalue weighted by molar-refractivity contribution is -0.0330. The van der Waals surface area contributed by atoms with Gasteiger partial charge in [0.15, 0.2) is 0 Å². The van der Waals surface area contributed by atoms with Gasteiger partial charge in [0.05, 0.1) is 5.60 Å².